The van der Waals surface area contributed by atoms with Crippen molar-refractivity contribution in [2.45, 2.75) is 4.90 Å². The van der Waals surface area contributed by atoms with Crippen molar-refractivity contribution in [2.75, 3.05) is 0 Å². The van der Waals surface area contributed by atoms with Crippen molar-refractivity contribution < 1.29 is 20.3 Å². The maximum atomic E-state index is 4.24. The summed E-state index contributed by atoms with van der Waals surface area (Å²) in [5.74, 6) is 0. The molecule has 0 amide bonds. The summed E-state index contributed by atoms with van der Waals surface area (Å²) < 4.78 is 0. The van der Waals surface area contributed by atoms with Crippen molar-refractivity contribution in [1.29, 1.82) is 0 Å². The fraction of sp³-hybridized carbons (Fsp3) is 0. The van der Waals surface area contributed by atoms with Crippen LogP contribution in [0.3, 0.4) is 0 Å². The van der Waals surface area contributed by atoms with Crippen LogP contribution in [-0.4, -0.2) is 0 Å². The van der Waals surface area contributed by atoms with Crippen molar-refractivity contribution in [1.82, 2.24) is 0 Å². The van der Waals surface area contributed by atoms with Crippen LogP contribution in [0, 0.1) is 0 Å². The van der Waals surface area contributed by atoms with E-state index in [-0.39, 0.29) is 20.3 Å². The van der Waals surface area contributed by atoms with E-state index in [4.69, 9.17) is 0 Å². The number of rotatable bonds is 1. The summed E-state index contributed by atoms with van der Waals surface area (Å²) in [5, 5.41) is 0. The van der Waals surface area contributed by atoms with Crippen LogP contribution in [-0.2, 0) is 0 Å². The van der Waals surface area contributed by atoms with Gasteiger partial charge in [0.1, 0.15) is 0 Å². The SMILES string of the molecule is Sc1ccc(-c2ccccc2)cc1.[H-].[Li+]. The van der Waals surface area contributed by atoms with Gasteiger partial charge in [0, 0.05) is 4.90 Å². The summed E-state index contributed by atoms with van der Waals surface area (Å²) >= 11 is 4.24. The fourth-order valence-corrected chi connectivity index (χ4v) is 1.43. The average molecular weight is 194 g/mol. The molecule has 0 bridgehead atoms. The van der Waals surface area contributed by atoms with Gasteiger partial charge in [0.15, 0.2) is 0 Å². The van der Waals surface area contributed by atoms with Gasteiger partial charge in [-0.1, -0.05) is 42.5 Å². The summed E-state index contributed by atoms with van der Waals surface area (Å²) in [6, 6.07) is 18.5. The molecular weight excluding hydrogens is 183 g/mol. The normalized spacial score (nSPS) is 9.21. The maximum absolute atomic E-state index is 4.24. The Kier molecular flexibility index (Phi) is 4.35. The van der Waals surface area contributed by atoms with Crippen LogP contribution >= 0.6 is 12.6 Å². The zero-order valence-electron chi connectivity index (χ0n) is 9.14. The molecule has 0 aromatic heterocycles. The Labute approximate surface area is 103 Å². The van der Waals surface area contributed by atoms with Crippen molar-refractivity contribution >= 4 is 12.6 Å². The van der Waals surface area contributed by atoms with Gasteiger partial charge >= 0.3 is 18.9 Å². The molecule has 0 radical (unpaired) electrons. The smallest absolute Gasteiger partial charge is 1.00 e. The van der Waals surface area contributed by atoms with Crippen molar-refractivity contribution in [2.24, 2.45) is 0 Å². The third-order valence-corrected chi connectivity index (χ3v) is 2.27. The van der Waals surface area contributed by atoms with Crippen LogP contribution in [0.15, 0.2) is 59.5 Å². The van der Waals surface area contributed by atoms with E-state index in [0.29, 0.717) is 0 Å². The summed E-state index contributed by atoms with van der Waals surface area (Å²) in [7, 11) is 0. The average Bonchev–Trinajstić information content (AvgIpc) is 2.20. The molecule has 0 aliphatic heterocycles. The van der Waals surface area contributed by atoms with E-state index in [9.17, 15) is 0 Å². The molecule has 0 fully saturated rings. The summed E-state index contributed by atoms with van der Waals surface area (Å²) in [4.78, 5) is 1.000. The Hall–Kier alpha value is -0.613. The van der Waals surface area contributed by atoms with Crippen molar-refractivity contribution in [3.05, 3.63) is 54.6 Å². The largest absolute Gasteiger partial charge is 1.00 e. The van der Waals surface area contributed by atoms with Gasteiger partial charge in [-0.05, 0) is 23.3 Å². The third-order valence-electron chi connectivity index (χ3n) is 1.97. The topological polar surface area (TPSA) is 0 Å². The monoisotopic (exact) mass is 194 g/mol. The Morgan fingerprint density at radius 3 is 1.79 bits per heavy atom. The number of thiol groups is 1. The van der Waals surface area contributed by atoms with E-state index < -0.39 is 0 Å². The molecule has 66 valence electrons. The van der Waals surface area contributed by atoms with Gasteiger partial charge in [-0.25, -0.2) is 0 Å². The molecule has 0 N–H and O–H groups in total. The molecule has 2 aromatic rings. The van der Waals surface area contributed by atoms with Gasteiger partial charge in [0.25, 0.3) is 0 Å². The Morgan fingerprint density at radius 2 is 1.21 bits per heavy atom. The minimum atomic E-state index is 0. The van der Waals surface area contributed by atoms with Gasteiger partial charge in [-0.3, -0.25) is 0 Å². The molecule has 0 spiro atoms. The quantitative estimate of drug-likeness (QED) is 0.503. The Morgan fingerprint density at radius 1 is 0.714 bits per heavy atom. The predicted molar refractivity (Wildman–Crippen MR) is 60.2 cm³/mol. The molecular formula is C12H11LiS. The summed E-state index contributed by atoms with van der Waals surface area (Å²) in [5.41, 5.74) is 2.48. The minimum Gasteiger partial charge on any atom is -1.00 e. The zero-order chi connectivity index (χ0) is 9.10. The van der Waals surface area contributed by atoms with E-state index in [1.807, 2.05) is 30.3 Å². The second-order valence-electron chi connectivity index (χ2n) is 2.91. The molecule has 2 aromatic carbocycles. The van der Waals surface area contributed by atoms with Gasteiger partial charge in [-0.2, -0.15) is 0 Å². The zero-order valence-corrected chi connectivity index (χ0v) is 9.04. The van der Waals surface area contributed by atoms with Crippen molar-refractivity contribution in [3.63, 3.8) is 0 Å². The molecule has 0 saturated carbocycles. The first-order chi connectivity index (χ1) is 6.36. The van der Waals surface area contributed by atoms with Crippen LogP contribution in [0.4, 0.5) is 0 Å². The molecule has 2 rings (SSSR count). The molecule has 2 heteroatoms. The van der Waals surface area contributed by atoms with Crippen LogP contribution in [0.1, 0.15) is 1.43 Å². The first kappa shape index (κ1) is 11.5. The number of hydrogen-bond donors (Lipinski definition) is 1. The molecule has 0 heterocycles. The van der Waals surface area contributed by atoms with E-state index in [0.717, 1.165) is 4.90 Å². The molecule has 0 saturated heterocycles. The van der Waals surface area contributed by atoms with E-state index in [2.05, 4.69) is 36.9 Å². The summed E-state index contributed by atoms with van der Waals surface area (Å²) in [6.07, 6.45) is 0. The van der Waals surface area contributed by atoms with Gasteiger partial charge in [0.2, 0.25) is 0 Å². The Balaban J connectivity index is 0.000000980. The second-order valence-corrected chi connectivity index (χ2v) is 3.43. The molecule has 0 aliphatic rings. The molecule has 0 aliphatic carbocycles. The minimum absolute atomic E-state index is 0. The first-order valence-electron chi connectivity index (χ1n) is 4.21. The molecule has 0 nitrogen and oxygen atoms in total. The standard InChI is InChI=1S/C12H10S.Li.H/c13-12-8-6-11(7-9-12)10-4-2-1-3-5-10;;/h1-9,13H;;/q;+1;-1. The van der Waals surface area contributed by atoms with Gasteiger partial charge < -0.3 is 1.43 Å². The van der Waals surface area contributed by atoms with Crippen LogP contribution in [0.25, 0.3) is 11.1 Å². The number of benzene rings is 2. The molecule has 0 atom stereocenters. The van der Waals surface area contributed by atoms with E-state index >= 15 is 0 Å². The predicted octanol–water partition coefficient (Wildman–Crippen LogP) is 0.759. The van der Waals surface area contributed by atoms with Crippen LogP contribution in [0.5, 0.6) is 0 Å². The van der Waals surface area contributed by atoms with E-state index in [1.54, 1.807) is 0 Å². The fourth-order valence-electron chi connectivity index (χ4n) is 1.28. The molecule has 0 unspecified atom stereocenters. The second kappa shape index (κ2) is 5.31. The van der Waals surface area contributed by atoms with Gasteiger partial charge in [-0.15, -0.1) is 12.6 Å². The van der Waals surface area contributed by atoms with Gasteiger partial charge in [0.05, 0.1) is 0 Å². The number of hydrogen-bond acceptors (Lipinski definition) is 1. The Bertz CT molecular complexity index is 386. The van der Waals surface area contributed by atoms with E-state index in [1.165, 1.54) is 11.1 Å². The third kappa shape index (κ3) is 2.69. The van der Waals surface area contributed by atoms with Crippen LogP contribution in [0.2, 0.25) is 0 Å². The van der Waals surface area contributed by atoms with Crippen molar-refractivity contribution in [3.8, 4) is 11.1 Å². The first-order valence-corrected chi connectivity index (χ1v) is 4.65. The molecule has 14 heavy (non-hydrogen) atoms. The van der Waals surface area contributed by atoms with Crippen LogP contribution < -0.4 is 18.9 Å². The summed E-state index contributed by atoms with van der Waals surface area (Å²) in [6.45, 7) is 0. The maximum Gasteiger partial charge on any atom is 1.00 e.